The van der Waals surface area contributed by atoms with Gasteiger partial charge in [0.15, 0.2) is 11.0 Å². The molecular formula is C24H25ClN6OS. The number of aromatic nitrogens is 3. The first-order valence-electron chi connectivity index (χ1n) is 11.0. The van der Waals surface area contributed by atoms with E-state index < -0.39 is 0 Å². The van der Waals surface area contributed by atoms with Crippen molar-refractivity contribution in [1.29, 1.82) is 5.26 Å². The highest BCUT2D eigenvalue weighted by atomic mass is 35.5. The van der Waals surface area contributed by atoms with E-state index in [1.165, 1.54) is 31.0 Å². The van der Waals surface area contributed by atoms with E-state index in [0.29, 0.717) is 28.4 Å². The lowest BCUT2D eigenvalue weighted by Gasteiger charge is -2.26. The van der Waals surface area contributed by atoms with Crippen molar-refractivity contribution in [2.45, 2.75) is 37.4 Å². The highest BCUT2D eigenvalue weighted by molar-refractivity contribution is 7.99. The SMILES string of the molecule is N#Cc1ccc(NC(=O)CCSc2nnc(CN3CCCCC3)n2-c2ccccc2)cc1Cl. The molecule has 33 heavy (non-hydrogen) atoms. The predicted octanol–water partition coefficient (Wildman–Crippen LogP) is 4.90. The molecule has 0 radical (unpaired) electrons. The molecule has 0 unspecified atom stereocenters. The molecule has 1 amide bonds. The minimum absolute atomic E-state index is 0.123. The van der Waals surface area contributed by atoms with Gasteiger partial charge in [0.25, 0.3) is 0 Å². The molecule has 3 aromatic rings. The summed E-state index contributed by atoms with van der Waals surface area (Å²) in [6.07, 6.45) is 4.05. The molecule has 1 aliphatic rings. The lowest BCUT2D eigenvalue weighted by molar-refractivity contribution is -0.115. The monoisotopic (exact) mass is 480 g/mol. The number of benzene rings is 2. The number of amides is 1. The molecule has 2 heterocycles. The van der Waals surface area contributed by atoms with Gasteiger partial charge in [0.05, 0.1) is 17.1 Å². The molecule has 1 saturated heterocycles. The van der Waals surface area contributed by atoms with Crippen molar-refractivity contribution in [1.82, 2.24) is 19.7 Å². The summed E-state index contributed by atoms with van der Waals surface area (Å²) < 4.78 is 2.09. The van der Waals surface area contributed by atoms with E-state index in [1.54, 1.807) is 18.2 Å². The van der Waals surface area contributed by atoms with Crippen LogP contribution in [0.15, 0.2) is 53.7 Å². The second kappa shape index (κ2) is 11.3. The van der Waals surface area contributed by atoms with E-state index in [9.17, 15) is 4.79 Å². The molecule has 9 heteroatoms. The van der Waals surface area contributed by atoms with E-state index in [0.717, 1.165) is 36.3 Å². The molecule has 0 bridgehead atoms. The normalized spacial score (nSPS) is 14.1. The molecule has 1 aliphatic heterocycles. The number of anilines is 1. The van der Waals surface area contributed by atoms with Crippen LogP contribution in [0.1, 0.15) is 37.1 Å². The lowest BCUT2D eigenvalue weighted by atomic mass is 10.1. The maximum atomic E-state index is 12.4. The quantitative estimate of drug-likeness (QED) is 0.461. The summed E-state index contributed by atoms with van der Waals surface area (Å²) in [5.41, 5.74) is 1.98. The number of piperidine rings is 1. The van der Waals surface area contributed by atoms with Gasteiger partial charge >= 0.3 is 0 Å². The van der Waals surface area contributed by atoms with Crippen LogP contribution in [0.4, 0.5) is 5.69 Å². The Labute approximate surface area is 202 Å². The first-order valence-corrected chi connectivity index (χ1v) is 12.3. The van der Waals surface area contributed by atoms with Crippen molar-refractivity contribution in [2.75, 3.05) is 24.2 Å². The van der Waals surface area contributed by atoms with Gasteiger partial charge in [0, 0.05) is 23.5 Å². The summed E-state index contributed by atoms with van der Waals surface area (Å²) in [5.74, 6) is 1.36. The second-order valence-corrected chi connectivity index (χ2v) is 9.33. The second-order valence-electron chi connectivity index (χ2n) is 7.86. The number of hydrogen-bond acceptors (Lipinski definition) is 6. The van der Waals surface area contributed by atoms with Crippen molar-refractivity contribution in [2.24, 2.45) is 0 Å². The Morgan fingerprint density at radius 3 is 2.64 bits per heavy atom. The number of carbonyl (C=O) groups is 1. The topological polar surface area (TPSA) is 86.8 Å². The largest absolute Gasteiger partial charge is 0.326 e. The Balaban J connectivity index is 1.40. The molecule has 4 rings (SSSR count). The van der Waals surface area contributed by atoms with Gasteiger partial charge < -0.3 is 5.32 Å². The van der Waals surface area contributed by atoms with Crippen LogP contribution < -0.4 is 5.32 Å². The molecule has 7 nitrogen and oxygen atoms in total. The van der Waals surface area contributed by atoms with Gasteiger partial charge in [-0.2, -0.15) is 5.26 Å². The smallest absolute Gasteiger partial charge is 0.225 e. The highest BCUT2D eigenvalue weighted by Crippen LogP contribution is 2.25. The van der Waals surface area contributed by atoms with E-state index in [4.69, 9.17) is 16.9 Å². The Morgan fingerprint density at radius 1 is 1.12 bits per heavy atom. The van der Waals surface area contributed by atoms with Gasteiger partial charge in [0.1, 0.15) is 6.07 Å². The number of carbonyl (C=O) groups excluding carboxylic acids is 1. The fraction of sp³-hybridized carbons (Fsp3) is 0.333. The van der Waals surface area contributed by atoms with Gasteiger partial charge in [0.2, 0.25) is 5.91 Å². The van der Waals surface area contributed by atoms with Gasteiger partial charge in [-0.25, -0.2) is 0 Å². The van der Waals surface area contributed by atoms with Gasteiger partial charge in [-0.3, -0.25) is 14.3 Å². The summed E-state index contributed by atoms with van der Waals surface area (Å²) in [5, 5.41) is 21.8. The summed E-state index contributed by atoms with van der Waals surface area (Å²) >= 11 is 7.56. The average Bonchev–Trinajstić information content (AvgIpc) is 3.22. The minimum Gasteiger partial charge on any atom is -0.326 e. The van der Waals surface area contributed by atoms with Crippen LogP contribution in [0, 0.1) is 11.3 Å². The number of halogens is 1. The van der Waals surface area contributed by atoms with Gasteiger partial charge in [-0.05, 0) is 56.3 Å². The molecular weight excluding hydrogens is 456 g/mol. The molecule has 1 aromatic heterocycles. The molecule has 0 aliphatic carbocycles. The highest BCUT2D eigenvalue weighted by Gasteiger charge is 2.19. The van der Waals surface area contributed by atoms with Crippen LogP contribution >= 0.6 is 23.4 Å². The maximum absolute atomic E-state index is 12.4. The van der Waals surface area contributed by atoms with Crippen molar-refractivity contribution in [3.05, 3.63) is 64.9 Å². The fourth-order valence-electron chi connectivity index (χ4n) is 3.79. The molecule has 170 valence electrons. The third kappa shape index (κ3) is 6.14. The molecule has 1 N–H and O–H groups in total. The molecule has 0 spiro atoms. The molecule has 1 fully saturated rings. The zero-order valence-electron chi connectivity index (χ0n) is 18.2. The Bertz CT molecular complexity index is 1140. The standard InChI is InChI=1S/C24H25ClN6OS/c25-21-15-19(10-9-18(21)16-26)27-23(32)11-14-33-24-29-28-22(17-30-12-5-2-6-13-30)31(24)20-7-3-1-4-8-20/h1,3-4,7-10,15H,2,5-6,11-14,17H2,(H,27,32). The summed E-state index contributed by atoms with van der Waals surface area (Å²) in [6.45, 7) is 2.94. The van der Waals surface area contributed by atoms with Crippen LogP contribution in [-0.2, 0) is 11.3 Å². The number of thioether (sulfide) groups is 1. The number of nitrogens with one attached hydrogen (secondary N) is 1. The number of nitriles is 1. The lowest BCUT2D eigenvalue weighted by Crippen LogP contribution is -2.30. The van der Waals surface area contributed by atoms with Crippen LogP contribution in [-0.4, -0.2) is 44.4 Å². The Kier molecular flexibility index (Phi) is 8.00. The number of likely N-dealkylation sites (tertiary alicyclic amines) is 1. The first-order chi connectivity index (χ1) is 16.1. The fourth-order valence-corrected chi connectivity index (χ4v) is 4.92. The third-order valence-electron chi connectivity index (χ3n) is 5.46. The maximum Gasteiger partial charge on any atom is 0.225 e. The summed E-state index contributed by atoms with van der Waals surface area (Å²) in [6, 6.07) is 17.0. The van der Waals surface area contributed by atoms with Crippen molar-refractivity contribution in [3.63, 3.8) is 0 Å². The Hall–Kier alpha value is -2.86. The molecule has 0 saturated carbocycles. The molecule has 2 aromatic carbocycles. The van der Waals surface area contributed by atoms with Crippen molar-refractivity contribution < 1.29 is 4.79 Å². The van der Waals surface area contributed by atoms with Crippen molar-refractivity contribution in [3.8, 4) is 11.8 Å². The third-order valence-corrected chi connectivity index (χ3v) is 6.71. The van der Waals surface area contributed by atoms with Crippen LogP contribution in [0.3, 0.4) is 0 Å². The Morgan fingerprint density at radius 2 is 1.91 bits per heavy atom. The van der Waals surface area contributed by atoms with Gasteiger partial charge in [-0.15, -0.1) is 10.2 Å². The number of para-hydroxylation sites is 1. The predicted molar refractivity (Wildman–Crippen MR) is 131 cm³/mol. The molecule has 0 atom stereocenters. The van der Waals surface area contributed by atoms with Crippen LogP contribution in [0.5, 0.6) is 0 Å². The zero-order chi connectivity index (χ0) is 23.0. The zero-order valence-corrected chi connectivity index (χ0v) is 19.8. The summed E-state index contributed by atoms with van der Waals surface area (Å²) in [7, 11) is 0. The van der Waals surface area contributed by atoms with E-state index in [-0.39, 0.29) is 5.91 Å². The van der Waals surface area contributed by atoms with E-state index in [2.05, 4.69) is 37.1 Å². The van der Waals surface area contributed by atoms with Gasteiger partial charge in [-0.1, -0.05) is 48.0 Å². The average molecular weight is 481 g/mol. The van der Waals surface area contributed by atoms with E-state index >= 15 is 0 Å². The number of nitrogens with zero attached hydrogens (tertiary/aromatic N) is 5. The van der Waals surface area contributed by atoms with E-state index in [1.807, 2.05) is 24.3 Å². The van der Waals surface area contributed by atoms with Crippen LogP contribution in [0.25, 0.3) is 5.69 Å². The minimum atomic E-state index is -0.123. The first kappa shape index (κ1) is 23.3. The summed E-state index contributed by atoms with van der Waals surface area (Å²) in [4.78, 5) is 14.8. The number of hydrogen-bond donors (Lipinski definition) is 1. The number of rotatable bonds is 8. The van der Waals surface area contributed by atoms with Crippen molar-refractivity contribution >= 4 is 35.0 Å². The van der Waals surface area contributed by atoms with Crippen LogP contribution in [0.2, 0.25) is 5.02 Å².